The van der Waals surface area contributed by atoms with Gasteiger partial charge < -0.3 is 14.6 Å². The Morgan fingerprint density at radius 1 is 1.04 bits per heavy atom. The molecule has 3 rings (SSSR count). The van der Waals surface area contributed by atoms with Gasteiger partial charge in [0.25, 0.3) is 0 Å². The van der Waals surface area contributed by atoms with E-state index >= 15 is 0 Å². The zero-order valence-electron chi connectivity index (χ0n) is 14.7. The fraction of sp³-hybridized carbons (Fsp3) is 0.286. The molecule has 136 valence electrons. The van der Waals surface area contributed by atoms with E-state index in [2.05, 4.69) is 34.3 Å². The number of nitrogens with zero attached hydrogens (tertiary/aromatic N) is 1. The zero-order chi connectivity index (χ0) is 18.2. The highest BCUT2D eigenvalue weighted by molar-refractivity contribution is 5.79. The van der Waals surface area contributed by atoms with E-state index < -0.39 is 0 Å². The van der Waals surface area contributed by atoms with Gasteiger partial charge in [-0.3, -0.25) is 4.79 Å². The summed E-state index contributed by atoms with van der Waals surface area (Å²) in [5, 5.41) is 4.15. The molecule has 0 aliphatic heterocycles. The van der Waals surface area contributed by atoms with Gasteiger partial charge in [-0.05, 0) is 42.5 Å². The molecule has 0 saturated heterocycles. The lowest BCUT2D eigenvalue weighted by atomic mass is 10.2. The van der Waals surface area contributed by atoms with Crippen LogP contribution in [0, 0.1) is 5.82 Å². The molecule has 0 aliphatic rings. The Labute approximate surface area is 152 Å². The van der Waals surface area contributed by atoms with Crippen molar-refractivity contribution in [3.63, 3.8) is 0 Å². The molecule has 0 fully saturated rings. The van der Waals surface area contributed by atoms with E-state index in [1.54, 1.807) is 18.2 Å². The third-order valence-corrected chi connectivity index (χ3v) is 4.22. The summed E-state index contributed by atoms with van der Waals surface area (Å²) in [4.78, 5) is 11.8. The fourth-order valence-electron chi connectivity index (χ4n) is 2.88. The second-order valence-electron chi connectivity index (χ2n) is 6.15. The van der Waals surface area contributed by atoms with Crippen LogP contribution in [0.15, 0.2) is 60.8 Å². The molecule has 1 amide bonds. The minimum absolute atomic E-state index is 0.000465. The first-order valence-corrected chi connectivity index (χ1v) is 8.92. The average Bonchev–Trinajstić information content (AvgIpc) is 3.07. The maximum absolute atomic E-state index is 13.4. The molecule has 1 aromatic heterocycles. The van der Waals surface area contributed by atoms with Crippen LogP contribution in [0.4, 0.5) is 4.39 Å². The standard InChI is InChI=1S/C21H23FN2O2/c22-18-8-2-4-10-20(18)26-16-5-11-21(25)23-13-6-14-24-15-12-17-7-1-3-9-19(17)24/h1-4,7-10,12,15H,5-6,11,13-14,16H2,(H,23,25). The predicted molar refractivity (Wildman–Crippen MR) is 101 cm³/mol. The Hall–Kier alpha value is -2.82. The number of aryl methyl sites for hydroxylation is 1. The maximum atomic E-state index is 13.4. The Morgan fingerprint density at radius 3 is 2.73 bits per heavy atom. The Kier molecular flexibility index (Phi) is 6.25. The molecule has 3 aromatic rings. The van der Waals surface area contributed by atoms with Crippen molar-refractivity contribution < 1.29 is 13.9 Å². The number of nitrogens with one attached hydrogen (secondary N) is 1. The van der Waals surface area contributed by atoms with Crippen molar-refractivity contribution in [2.24, 2.45) is 0 Å². The molecule has 0 spiro atoms. The topological polar surface area (TPSA) is 43.3 Å². The van der Waals surface area contributed by atoms with Crippen LogP contribution < -0.4 is 10.1 Å². The number of benzene rings is 2. The predicted octanol–water partition coefficient (Wildman–Crippen LogP) is 4.15. The lowest BCUT2D eigenvalue weighted by Gasteiger charge is -2.08. The molecular formula is C21H23FN2O2. The van der Waals surface area contributed by atoms with Crippen molar-refractivity contribution >= 4 is 16.8 Å². The first-order valence-electron chi connectivity index (χ1n) is 8.92. The third-order valence-electron chi connectivity index (χ3n) is 4.22. The number of carbonyl (C=O) groups excluding carboxylic acids is 1. The maximum Gasteiger partial charge on any atom is 0.220 e. The van der Waals surface area contributed by atoms with Gasteiger partial charge >= 0.3 is 0 Å². The van der Waals surface area contributed by atoms with Crippen molar-refractivity contribution in [1.82, 2.24) is 9.88 Å². The minimum Gasteiger partial charge on any atom is -0.491 e. The largest absolute Gasteiger partial charge is 0.491 e. The number of halogens is 1. The number of aromatic nitrogens is 1. The van der Waals surface area contributed by atoms with Crippen molar-refractivity contribution in [2.45, 2.75) is 25.8 Å². The van der Waals surface area contributed by atoms with Crippen LogP contribution in [0.5, 0.6) is 5.75 Å². The van der Waals surface area contributed by atoms with Crippen LogP contribution in [0.2, 0.25) is 0 Å². The van der Waals surface area contributed by atoms with Gasteiger partial charge in [0, 0.05) is 31.2 Å². The van der Waals surface area contributed by atoms with Crippen LogP contribution in [0.1, 0.15) is 19.3 Å². The number of fused-ring (bicyclic) bond motifs is 1. The van der Waals surface area contributed by atoms with E-state index in [0.29, 0.717) is 26.0 Å². The van der Waals surface area contributed by atoms with E-state index in [9.17, 15) is 9.18 Å². The number of rotatable bonds is 9. The Morgan fingerprint density at radius 2 is 1.85 bits per heavy atom. The summed E-state index contributed by atoms with van der Waals surface area (Å²) in [6.45, 7) is 1.83. The molecule has 0 aliphatic carbocycles. The molecule has 4 nitrogen and oxygen atoms in total. The van der Waals surface area contributed by atoms with Crippen LogP contribution in [0.3, 0.4) is 0 Å². The van der Waals surface area contributed by atoms with Crippen molar-refractivity contribution in [3.8, 4) is 5.75 Å². The van der Waals surface area contributed by atoms with Gasteiger partial charge in [0.2, 0.25) is 5.91 Å². The number of hydrogen-bond acceptors (Lipinski definition) is 2. The van der Waals surface area contributed by atoms with Gasteiger partial charge in [0.1, 0.15) is 0 Å². The molecule has 2 aromatic carbocycles. The molecule has 5 heteroatoms. The zero-order valence-corrected chi connectivity index (χ0v) is 14.7. The molecule has 0 radical (unpaired) electrons. The van der Waals surface area contributed by atoms with E-state index in [1.165, 1.54) is 17.0 Å². The summed E-state index contributed by atoms with van der Waals surface area (Å²) in [6, 6.07) is 16.6. The number of ether oxygens (including phenoxy) is 1. The van der Waals surface area contributed by atoms with E-state index in [1.807, 2.05) is 12.1 Å². The number of amides is 1. The summed E-state index contributed by atoms with van der Waals surface area (Å²) in [5.41, 5.74) is 1.21. The van der Waals surface area contributed by atoms with Crippen molar-refractivity contribution in [1.29, 1.82) is 0 Å². The first kappa shape index (κ1) is 18.0. The quantitative estimate of drug-likeness (QED) is 0.587. The normalized spacial score (nSPS) is 10.8. The summed E-state index contributed by atoms with van der Waals surface area (Å²) in [6.07, 6.45) is 3.88. The van der Waals surface area contributed by atoms with Gasteiger partial charge in [0.05, 0.1) is 6.61 Å². The second-order valence-corrected chi connectivity index (χ2v) is 6.15. The minimum atomic E-state index is -0.380. The van der Waals surface area contributed by atoms with Gasteiger partial charge in [-0.1, -0.05) is 30.3 Å². The van der Waals surface area contributed by atoms with Crippen LogP contribution in [0.25, 0.3) is 10.9 Å². The highest BCUT2D eigenvalue weighted by atomic mass is 19.1. The van der Waals surface area contributed by atoms with Gasteiger partial charge in [-0.15, -0.1) is 0 Å². The van der Waals surface area contributed by atoms with Crippen LogP contribution >= 0.6 is 0 Å². The highest BCUT2D eigenvalue weighted by Crippen LogP contribution is 2.16. The summed E-state index contributed by atoms with van der Waals surface area (Å²) in [5.74, 6) is -0.152. The smallest absolute Gasteiger partial charge is 0.220 e. The van der Waals surface area contributed by atoms with Crippen LogP contribution in [-0.2, 0) is 11.3 Å². The lowest BCUT2D eigenvalue weighted by molar-refractivity contribution is -0.121. The lowest BCUT2D eigenvalue weighted by Crippen LogP contribution is -2.25. The van der Waals surface area contributed by atoms with Crippen LogP contribution in [-0.4, -0.2) is 23.6 Å². The van der Waals surface area contributed by atoms with Crippen molar-refractivity contribution in [3.05, 3.63) is 66.6 Å². The number of carbonyl (C=O) groups is 1. The van der Waals surface area contributed by atoms with E-state index in [4.69, 9.17) is 4.74 Å². The molecule has 0 bridgehead atoms. The average molecular weight is 354 g/mol. The molecule has 1 heterocycles. The first-order chi connectivity index (χ1) is 12.7. The molecule has 0 atom stereocenters. The fourth-order valence-corrected chi connectivity index (χ4v) is 2.88. The number of para-hydroxylation sites is 2. The van der Waals surface area contributed by atoms with E-state index in [0.717, 1.165) is 13.0 Å². The third kappa shape index (κ3) is 4.85. The molecule has 0 unspecified atom stereocenters. The molecule has 26 heavy (non-hydrogen) atoms. The highest BCUT2D eigenvalue weighted by Gasteiger charge is 2.04. The van der Waals surface area contributed by atoms with Crippen molar-refractivity contribution in [2.75, 3.05) is 13.2 Å². The summed E-state index contributed by atoms with van der Waals surface area (Å²) in [7, 11) is 0. The molecule has 0 saturated carbocycles. The molecular weight excluding hydrogens is 331 g/mol. The Bertz CT molecular complexity index is 860. The van der Waals surface area contributed by atoms with Gasteiger partial charge in [0.15, 0.2) is 11.6 Å². The SMILES string of the molecule is O=C(CCCOc1ccccc1F)NCCCn1ccc2ccccc21. The molecule has 1 N–H and O–H groups in total. The number of hydrogen-bond donors (Lipinski definition) is 1. The van der Waals surface area contributed by atoms with Gasteiger partial charge in [-0.2, -0.15) is 0 Å². The Balaban J connectivity index is 1.30. The van der Waals surface area contributed by atoms with Gasteiger partial charge in [-0.25, -0.2) is 4.39 Å². The second kappa shape index (κ2) is 9.04. The monoisotopic (exact) mass is 354 g/mol. The summed E-state index contributed by atoms with van der Waals surface area (Å²) < 4.78 is 20.9. The van der Waals surface area contributed by atoms with E-state index in [-0.39, 0.29) is 17.5 Å². The summed E-state index contributed by atoms with van der Waals surface area (Å²) >= 11 is 0.